The monoisotopic (exact) mass is 233 g/mol. The van der Waals surface area contributed by atoms with Crippen LogP contribution in [0.15, 0.2) is 0 Å². The van der Waals surface area contributed by atoms with E-state index >= 15 is 0 Å². The van der Waals surface area contributed by atoms with Gasteiger partial charge in [0.1, 0.15) is 0 Å². The molecule has 2 aliphatic heterocycles. The minimum Gasteiger partial charge on any atom is -0.354 e. The average Bonchev–Trinajstić information content (AvgIpc) is 2.96. The van der Waals surface area contributed by atoms with Gasteiger partial charge in [-0.1, -0.05) is 0 Å². The van der Waals surface area contributed by atoms with E-state index in [0.29, 0.717) is 12.5 Å². The lowest BCUT2D eigenvalue weighted by Gasteiger charge is -2.37. The fourth-order valence-corrected chi connectivity index (χ4v) is 3.40. The van der Waals surface area contributed by atoms with Crippen LogP contribution >= 0.6 is 0 Å². The summed E-state index contributed by atoms with van der Waals surface area (Å²) in [6.07, 6.45) is 5.23. The topological polar surface area (TPSA) is 56.1 Å². The Bertz CT molecular complexity index is 369. The summed E-state index contributed by atoms with van der Waals surface area (Å²) in [5.74, 6) is 0.450. The summed E-state index contributed by atoms with van der Waals surface area (Å²) < 4.78 is 0. The van der Waals surface area contributed by atoms with Crippen LogP contribution in [0.2, 0.25) is 0 Å². The van der Waals surface area contributed by atoms with Crippen LogP contribution in [-0.2, 0) is 4.79 Å². The van der Waals surface area contributed by atoms with Gasteiger partial charge in [-0.3, -0.25) is 9.69 Å². The van der Waals surface area contributed by atoms with Gasteiger partial charge >= 0.3 is 0 Å². The van der Waals surface area contributed by atoms with Crippen LogP contribution < -0.4 is 5.32 Å². The highest BCUT2D eigenvalue weighted by atomic mass is 16.2. The molecule has 0 aromatic rings. The Morgan fingerprint density at radius 2 is 2.35 bits per heavy atom. The number of carbonyl (C=O) groups excluding carboxylic acids is 1. The third-order valence-corrected chi connectivity index (χ3v) is 4.67. The standard InChI is InChI=1S/C13H19N3O/c14-6-5-13(3-4-13)9-16-7-1-2-10-11(16)8-15-12(10)17/h10-11H,1-5,7-9H2,(H,15,17). The highest BCUT2D eigenvalue weighted by molar-refractivity contribution is 5.82. The molecule has 0 aromatic carbocycles. The SMILES string of the molecule is N#CCC1(CN2CCCC3C(=O)NCC32)CC1. The number of hydrogen-bond acceptors (Lipinski definition) is 3. The molecule has 0 spiro atoms. The van der Waals surface area contributed by atoms with E-state index in [1.165, 1.54) is 12.8 Å². The number of rotatable bonds is 3. The lowest BCUT2D eigenvalue weighted by atomic mass is 9.89. The molecule has 3 aliphatic rings. The van der Waals surface area contributed by atoms with E-state index in [2.05, 4.69) is 16.3 Å². The van der Waals surface area contributed by atoms with Crippen molar-refractivity contribution in [3.63, 3.8) is 0 Å². The number of nitrogens with one attached hydrogen (secondary N) is 1. The normalized spacial score (nSPS) is 34.9. The van der Waals surface area contributed by atoms with Gasteiger partial charge in [-0.05, 0) is 37.6 Å². The van der Waals surface area contributed by atoms with Gasteiger partial charge < -0.3 is 5.32 Å². The van der Waals surface area contributed by atoms with Crippen LogP contribution in [0.4, 0.5) is 0 Å². The van der Waals surface area contributed by atoms with E-state index in [-0.39, 0.29) is 17.2 Å². The van der Waals surface area contributed by atoms with E-state index in [9.17, 15) is 4.79 Å². The Morgan fingerprint density at radius 3 is 3.06 bits per heavy atom. The molecule has 0 aromatic heterocycles. The minimum absolute atomic E-state index is 0.210. The van der Waals surface area contributed by atoms with Crippen LogP contribution in [0.25, 0.3) is 0 Å². The van der Waals surface area contributed by atoms with E-state index in [4.69, 9.17) is 5.26 Å². The predicted molar refractivity (Wildman–Crippen MR) is 63.0 cm³/mol. The minimum atomic E-state index is 0.210. The van der Waals surface area contributed by atoms with Crippen LogP contribution in [-0.4, -0.2) is 36.5 Å². The van der Waals surface area contributed by atoms with Crippen LogP contribution in [0, 0.1) is 22.7 Å². The molecule has 1 amide bonds. The first kappa shape index (κ1) is 11.0. The van der Waals surface area contributed by atoms with Crippen molar-refractivity contribution in [2.45, 2.75) is 38.1 Å². The number of nitriles is 1. The molecule has 2 heterocycles. The molecule has 4 nitrogen and oxygen atoms in total. The quantitative estimate of drug-likeness (QED) is 0.787. The summed E-state index contributed by atoms with van der Waals surface area (Å²) in [6, 6.07) is 2.72. The number of carbonyl (C=O) groups is 1. The Hall–Kier alpha value is -1.08. The smallest absolute Gasteiger partial charge is 0.224 e. The molecule has 92 valence electrons. The van der Waals surface area contributed by atoms with Crippen LogP contribution in [0.5, 0.6) is 0 Å². The molecule has 1 saturated carbocycles. The lowest BCUT2D eigenvalue weighted by Crippen LogP contribution is -2.47. The molecule has 1 aliphatic carbocycles. The largest absolute Gasteiger partial charge is 0.354 e. The zero-order valence-corrected chi connectivity index (χ0v) is 10.1. The van der Waals surface area contributed by atoms with Crippen molar-refractivity contribution >= 4 is 5.91 Å². The zero-order chi connectivity index (χ0) is 11.9. The fraction of sp³-hybridized carbons (Fsp3) is 0.846. The Kier molecular flexibility index (Phi) is 2.59. The van der Waals surface area contributed by atoms with E-state index in [0.717, 1.165) is 32.5 Å². The van der Waals surface area contributed by atoms with Crippen molar-refractivity contribution in [1.82, 2.24) is 10.2 Å². The molecular formula is C13H19N3O. The molecule has 2 saturated heterocycles. The molecule has 0 bridgehead atoms. The Labute approximate surface area is 102 Å². The number of piperidine rings is 1. The molecule has 17 heavy (non-hydrogen) atoms. The van der Waals surface area contributed by atoms with Gasteiger partial charge in [0.05, 0.1) is 12.0 Å². The molecule has 2 unspecified atom stereocenters. The van der Waals surface area contributed by atoms with Crippen molar-refractivity contribution in [1.29, 1.82) is 5.26 Å². The zero-order valence-electron chi connectivity index (χ0n) is 10.1. The molecule has 4 heteroatoms. The highest BCUT2D eigenvalue weighted by Gasteiger charge is 2.48. The molecule has 3 rings (SSSR count). The fourth-order valence-electron chi connectivity index (χ4n) is 3.40. The Morgan fingerprint density at radius 1 is 1.53 bits per heavy atom. The van der Waals surface area contributed by atoms with Gasteiger partial charge in [0.15, 0.2) is 0 Å². The number of fused-ring (bicyclic) bond motifs is 1. The first-order chi connectivity index (χ1) is 8.24. The highest BCUT2D eigenvalue weighted by Crippen LogP contribution is 2.50. The molecule has 0 radical (unpaired) electrons. The number of likely N-dealkylation sites (tertiary alicyclic amines) is 1. The maximum Gasteiger partial charge on any atom is 0.224 e. The van der Waals surface area contributed by atoms with Crippen molar-refractivity contribution in [3.8, 4) is 6.07 Å². The molecule has 1 N–H and O–H groups in total. The van der Waals surface area contributed by atoms with Gasteiger partial charge in [-0.15, -0.1) is 0 Å². The predicted octanol–water partition coefficient (Wildman–Crippen LogP) is 0.891. The third-order valence-electron chi connectivity index (χ3n) is 4.67. The molecule has 2 atom stereocenters. The molecule has 3 fully saturated rings. The van der Waals surface area contributed by atoms with Crippen LogP contribution in [0.3, 0.4) is 0 Å². The van der Waals surface area contributed by atoms with E-state index in [1.54, 1.807) is 0 Å². The summed E-state index contributed by atoms with van der Waals surface area (Å²) in [5.41, 5.74) is 0.266. The third kappa shape index (κ3) is 1.93. The van der Waals surface area contributed by atoms with Crippen molar-refractivity contribution in [2.24, 2.45) is 11.3 Å². The molecular weight excluding hydrogens is 214 g/mol. The Balaban J connectivity index is 1.67. The van der Waals surface area contributed by atoms with Gasteiger partial charge in [0.2, 0.25) is 5.91 Å². The summed E-state index contributed by atoms with van der Waals surface area (Å²) in [5, 5.41) is 11.8. The number of amides is 1. The van der Waals surface area contributed by atoms with Crippen molar-refractivity contribution in [2.75, 3.05) is 19.6 Å². The summed E-state index contributed by atoms with van der Waals surface area (Å²) in [7, 11) is 0. The second-order valence-electron chi connectivity index (χ2n) is 5.87. The average molecular weight is 233 g/mol. The van der Waals surface area contributed by atoms with Gasteiger partial charge in [0.25, 0.3) is 0 Å². The van der Waals surface area contributed by atoms with Crippen LogP contribution in [0.1, 0.15) is 32.1 Å². The van der Waals surface area contributed by atoms with Gasteiger partial charge in [-0.2, -0.15) is 5.26 Å². The first-order valence-corrected chi connectivity index (χ1v) is 6.63. The van der Waals surface area contributed by atoms with Gasteiger partial charge in [-0.25, -0.2) is 0 Å². The van der Waals surface area contributed by atoms with Gasteiger partial charge in [0, 0.05) is 25.6 Å². The number of nitrogens with zero attached hydrogens (tertiary/aromatic N) is 2. The summed E-state index contributed by atoms with van der Waals surface area (Å²) >= 11 is 0. The summed E-state index contributed by atoms with van der Waals surface area (Å²) in [6.45, 7) is 2.94. The second kappa shape index (κ2) is 3.99. The van der Waals surface area contributed by atoms with Crippen molar-refractivity contribution in [3.05, 3.63) is 0 Å². The maximum absolute atomic E-state index is 11.7. The summed E-state index contributed by atoms with van der Waals surface area (Å²) in [4.78, 5) is 14.1. The van der Waals surface area contributed by atoms with Crippen molar-refractivity contribution < 1.29 is 4.79 Å². The lowest BCUT2D eigenvalue weighted by molar-refractivity contribution is -0.124. The second-order valence-corrected chi connectivity index (χ2v) is 5.87. The number of hydrogen-bond donors (Lipinski definition) is 1. The van der Waals surface area contributed by atoms with E-state index < -0.39 is 0 Å². The first-order valence-electron chi connectivity index (χ1n) is 6.63. The van der Waals surface area contributed by atoms with E-state index in [1.807, 2.05) is 0 Å². The maximum atomic E-state index is 11.7.